The molecule has 0 nitrogen and oxygen atoms in total. The Hall–Kier alpha value is -1.56. The summed E-state index contributed by atoms with van der Waals surface area (Å²) in [7, 11) is 0. The van der Waals surface area contributed by atoms with Gasteiger partial charge in [-0.3, -0.25) is 0 Å². The van der Waals surface area contributed by atoms with Crippen LogP contribution in [0.2, 0.25) is 0 Å². The number of aryl methyl sites for hydroxylation is 2. The van der Waals surface area contributed by atoms with E-state index in [-0.39, 0.29) is 0 Å². The molecule has 0 spiro atoms. The van der Waals surface area contributed by atoms with E-state index in [1.807, 2.05) is 0 Å². The Bertz CT molecular complexity index is 622. The van der Waals surface area contributed by atoms with Crippen molar-refractivity contribution in [1.82, 2.24) is 0 Å². The molecule has 0 bridgehead atoms. The molecular weight excluding hydrogens is 240 g/mol. The van der Waals surface area contributed by atoms with E-state index in [4.69, 9.17) is 0 Å². The molecule has 2 aliphatic carbocycles. The molecule has 2 aromatic rings. The van der Waals surface area contributed by atoms with E-state index < -0.39 is 0 Å². The van der Waals surface area contributed by atoms with E-state index in [1.165, 1.54) is 50.5 Å². The van der Waals surface area contributed by atoms with E-state index in [9.17, 15) is 0 Å². The van der Waals surface area contributed by atoms with E-state index >= 15 is 0 Å². The molecule has 2 aliphatic rings. The lowest BCUT2D eigenvalue weighted by Crippen LogP contribution is -2.10. The van der Waals surface area contributed by atoms with Crippen molar-refractivity contribution in [3.63, 3.8) is 0 Å². The summed E-state index contributed by atoms with van der Waals surface area (Å²) in [5.74, 6) is 0. The molecule has 0 aromatic heterocycles. The van der Waals surface area contributed by atoms with Crippen molar-refractivity contribution < 1.29 is 0 Å². The number of hydrogen-bond acceptors (Lipinski definition) is 0. The molecule has 0 heterocycles. The first-order valence-electron chi connectivity index (χ1n) is 8.11. The van der Waals surface area contributed by atoms with Crippen molar-refractivity contribution in [3.05, 3.63) is 69.8 Å². The normalized spacial score (nSPS) is 16.8. The van der Waals surface area contributed by atoms with Gasteiger partial charge in [-0.25, -0.2) is 0 Å². The maximum Gasteiger partial charge on any atom is -0.00201 e. The van der Waals surface area contributed by atoms with Gasteiger partial charge in [-0.05, 0) is 84.7 Å². The lowest BCUT2D eigenvalue weighted by atomic mass is 9.82. The predicted octanol–water partition coefficient (Wildman–Crippen LogP) is 4.64. The summed E-state index contributed by atoms with van der Waals surface area (Å²) in [6.07, 6.45) is 10.5. The fourth-order valence-corrected chi connectivity index (χ4v) is 4.11. The van der Waals surface area contributed by atoms with Gasteiger partial charge in [-0.1, -0.05) is 36.4 Å². The Morgan fingerprint density at radius 2 is 1.35 bits per heavy atom. The van der Waals surface area contributed by atoms with Crippen LogP contribution in [0.15, 0.2) is 36.4 Å². The van der Waals surface area contributed by atoms with Gasteiger partial charge in [0.15, 0.2) is 0 Å². The van der Waals surface area contributed by atoms with Crippen LogP contribution in [0.1, 0.15) is 52.6 Å². The Labute approximate surface area is 121 Å². The molecule has 0 amide bonds. The van der Waals surface area contributed by atoms with Crippen LogP contribution >= 0.6 is 0 Å². The summed E-state index contributed by atoms with van der Waals surface area (Å²) in [6.45, 7) is 0. The van der Waals surface area contributed by atoms with Crippen LogP contribution in [0.25, 0.3) is 0 Å². The highest BCUT2D eigenvalue weighted by Crippen LogP contribution is 2.35. The maximum absolute atomic E-state index is 2.55. The Morgan fingerprint density at radius 3 is 2.15 bits per heavy atom. The van der Waals surface area contributed by atoms with Crippen LogP contribution in [0.4, 0.5) is 0 Å². The molecule has 20 heavy (non-hydrogen) atoms. The highest BCUT2D eigenvalue weighted by Gasteiger charge is 2.22. The summed E-state index contributed by atoms with van der Waals surface area (Å²) < 4.78 is 0. The van der Waals surface area contributed by atoms with Gasteiger partial charge < -0.3 is 0 Å². The largest absolute Gasteiger partial charge is 0.0622 e. The highest BCUT2D eigenvalue weighted by molar-refractivity contribution is 5.51. The lowest BCUT2D eigenvalue weighted by Gasteiger charge is -2.23. The third kappa shape index (κ3) is 2.08. The van der Waals surface area contributed by atoms with Gasteiger partial charge in [0.25, 0.3) is 0 Å². The molecule has 4 rings (SSSR count). The lowest BCUT2D eigenvalue weighted by molar-refractivity contribution is 0.678. The topological polar surface area (TPSA) is 0 Å². The average Bonchev–Trinajstić information content (AvgIpc) is 2.96. The molecule has 102 valence electrons. The van der Waals surface area contributed by atoms with E-state index in [0.717, 1.165) is 6.42 Å². The number of benzene rings is 2. The predicted molar refractivity (Wildman–Crippen MR) is 84.4 cm³/mol. The maximum atomic E-state index is 2.55. The smallest absolute Gasteiger partial charge is 0.00201 e. The van der Waals surface area contributed by atoms with Crippen molar-refractivity contribution >= 4 is 0 Å². The molecule has 0 aliphatic heterocycles. The Morgan fingerprint density at radius 1 is 0.700 bits per heavy atom. The molecule has 2 aromatic carbocycles. The Balaban J connectivity index is 1.82. The Kier molecular flexibility index (Phi) is 3.10. The monoisotopic (exact) mass is 262 g/mol. The zero-order chi connectivity index (χ0) is 13.4. The minimum absolute atomic E-state index is 1.15. The minimum Gasteiger partial charge on any atom is -0.0622 e. The van der Waals surface area contributed by atoms with Gasteiger partial charge in [0.2, 0.25) is 0 Å². The second-order valence-electron chi connectivity index (χ2n) is 6.35. The standard InChI is InChI=1S/C20H22/c1-2-7-15(8-3-1)13-20-18-11-5-4-9-16(18)14-17-10-6-12-19(17)20/h1-3,7-8,14H,4-6,9-13H2. The summed E-state index contributed by atoms with van der Waals surface area (Å²) in [5, 5.41) is 0. The third-order valence-electron chi connectivity index (χ3n) is 5.07. The summed E-state index contributed by atoms with van der Waals surface area (Å²) in [5.41, 5.74) is 9.91. The molecule has 0 N–H and O–H groups in total. The van der Waals surface area contributed by atoms with Gasteiger partial charge in [0.1, 0.15) is 0 Å². The van der Waals surface area contributed by atoms with Gasteiger partial charge in [0.05, 0.1) is 0 Å². The first kappa shape index (κ1) is 12.2. The quantitative estimate of drug-likeness (QED) is 0.739. The molecule has 0 unspecified atom stereocenters. The SMILES string of the molecule is c1ccc(Cc2c3c(cc4c2CCC4)CCCC3)cc1. The van der Waals surface area contributed by atoms with Crippen LogP contribution in [0, 0.1) is 0 Å². The van der Waals surface area contributed by atoms with Crippen LogP contribution < -0.4 is 0 Å². The number of rotatable bonds is 2. The van der Waals surface area contributed by atoms with Gasteiger partial charge in [-0.15, -0.1) is 0 Å². The summed E-state index contributed by atoms with van der Waals surface area (Å²) in [4.78, 5) is 0. The fourth-order valence-electron chi connectivity index (χ4n) is 4.11. The minimum atomic E-state index is 1.15. The van der Waals surface area contributed by atoms with E-state index in [1.54, 1.807) is 27.8 Å². The third-order valence-corrected chi connectivity index (χ3v) is 5.07. The number of hydrogen-bond donors (Lipinski definition) is 0. The van der Waals surface area contributed by atoms with Gasteiger partial charge >= 0.3 is 0 Å². The second-order valence-corrected chi connectivity index (χ2v) is 6.35. The first-order chi connectivity index (χ1) is 9.92. The zero-order valence-corrected chi connectivity index (χ0v) is 12.1. The van der Waals surface area contributed by atoms with Gasteiger partial charge in [0, 0.05) is 0 Å². The first-order valence-corrected chi connectivity index (χ1v) is 8.11. The van der Waals surface area contributed by atoms with E-state index in [0.29, 0.717) is 0 Å². The van der Waals surface area contributed by atoms with Crippen molar-refractivity contribution in [3.8, 4) is 0 Å². The fraction of sp³-hybridized carbons (Fsp3) is 0.400. The zero-order valence-electron chi connectivity index (χ0n) is 12.1. The number of fused-ring (bicyclic) bond motifs is 2. The molecule has 0 saturated carbocycles. The van der Waals surface area contributed by atoms with Crippen LogP contribution in [-0.4, -0.2) is 0 Å². The highest BCUT2D eigenvalue weighted by atomic mass is 14.3. The van der Waals surface area contributed by atoms with Crippen LogP contribution in [-0.2, 0) is 32.1 Å². The second kappa shape index (κ2) is 5.09. The summed E-state index contributed by atoms with van der Waals surface area (Å²) in [6, 6.07) is 13.6. The summed E-state index contributed by atoms with van der Waals surface area (Å²) >= 11 is 0. The van der Waals surface area contributed by atoms with E-state index in [2.05, 4.69) is 36.4 Å². The molecule has 0 heteroatoms. The molecule has 0 fully saturated rings. The molecule has 0 radical (unpaired) electrons. The van der Waals surface area contributed by atoms with Crippen molar-refractivity contribution in [1.29, 1.82) is 0 Å². The van der Waals surface area contributed by atoms with Crippen molar-refractivity contribution in [2.24, 2.45) is 0 Å². The van der Waals surface area contributed by atoms with Crippen molar-refractivity contribution in [2.45, 2.75) is 51.4 Å². The van der Waals surface area contributed by atoms with Crippen LogP contribution in [0.3, 0.4) is 0 Å². The molecule has 0 atom stereocenters. The molecular formula is C20H22. The van der Waals surface area contributed by atoms with Crippen molar-refractivity contribution in [2.75, 3.05) is 0 Å². The van der Waals surface area contributed by atoms with Crippen LogP contribution in [0.5, 0.6) is 0 Å². The average molecular weight is 262 g/mol. The molecule has 0 saturated heterocycles. The van der Waals surface area contributed by atoms with Gasteiger partial charge in [-0.2, -0.15) is 0 Å².